The van der Waals surface area contributed by atoms with Crippen LogP contribution in [0.4, 0.5) is 26.3 Å². The van der Waals surface area contributed by atoms with Gasteiger partial charge in [-0.3, -0.25) is 4.98 Å². The molecule has 0 spiro atoms. The summed E-state index contributed by atoms with van der Waals surface area (Å²) in [6, 6.07) is 16.3. The van der Waals surface area contributed by atoms with Gasteiger partial charge < -0.3 is 12.0 Å². The second-order valence-electron chi connectivity index (χ2n) is 12.5. The van der Waals surface area contributed by atoms with Crippen molar-refractivity contribution in [1.82, 2.24) is 4.98 Å². The van der Waals surface area contributed by atoms with Gasteiger partial charge in [0, 0.05) is 42.1 Å². The van der Waals surface area contributed by atoms with E-state index in [1.807, 2.05) is 59.7 Å². The molecule has 0 fully saturated rings. The van der Waals surface area contributed by atoms with Gasteiger partial charge in [0.2, 0.25) is 0 Å². The number of aryl methyl sites for hydroxylation is 2. The van der Waals surface area contributed by atoms with Crippen molar-refractivity contribution >= 4 is 31.0 Å². The van der Waals surface area contributed by atoms with Gasteiger partial charge in [0.05, 0.1) is 10.9 Å². The summed E-state index contributed by atoms with van der Waals surface area (Å²) in [6.07, 6.45) is -5.35. The van der Waals surface area contributed by atoms with Crippen molar-refractivity contribution in [3.8, 4) is 0 Å². The first-order chi connectivity index (χ1) is 22.6. The van der Waals surface area contributed by atoms with Gasteiger partial charge in [-0.1, -0.05) is 124 Å². The Labute approximate surface area is 319 Å². The molecule has 0 radical (unpaired) electrons. The van der Waals surface area contributed by atoms with Crippen LogP contribution in [0.3, 0.4) is 0 Å². The van der Waals surface area contributed by atoms with E-state index in [4.69, 9.17) is 0 Å². The number of nitrogens with zero attached hydrogens (tertiary/aromatic N) is 1. The van der Waals surface area contributed by atoms with Gasteiger partial charge >= 0.3 is 12.4 Å². The summed E-state index contributed by atoms with van der Waals surface area (Å²) in [5.74, 6) is 0. The van der Waals surface area contributed by atoms with Crippen molar-refractivity contribution in [2.45, 2.75) is 106 Å². The van der Waals surface area contributed by atoms with Gasteiger partial charge in [-0.25, -0.2) is 0 Å². The van der Waals surface area contributed by atoms with Gasteiger partial charge in [-0.05, 0) is 56.3 Å². The maximum atomic E-state index is 14.9. The van der Waals surface area contributed by atoms with Crippen LogP contribution in [0.25, 0.3) is 0 Å². The predicted molar refractivity (Wildman–Crippen MR) is 209 cm³/mol. The Morgan fingerprint density at radius 3 is 1.51 bits per heavy atom. The maximum absolute atomic E-state index is 14.9. The molecule has 1 heterocycles. The van der Waals surface area contributed by atoms with E-state index >= 15 is 0 Å². The van der Waals surface area contributed by atoms with Crippen LogP contribution in [-0.2, 0) is 31.2 Å². The zero-order chi connectivity index (χ0) is 38.4. The Hall–Kier alpha value is -2.29. The normalized spacial score (nSPS) is 12.7. The zero-order valence-corrected chi connectivity index (χ0v) is 35.7. The third-order valence-electron chi connectivity index (χ3n) is 7.02. The molecule has 0 aliphatic carbocycles. The average molecular weight is 850 g/mol. The number of rotatable bonds is 6. The Kier molecular flexibility index (Phi) is 23.6. The number of aromatic nitrogens is 1. The molecule has 0 saturated heterocycles. The van der Waals surface area contributed by atoms with Gasteiger partial charge in [0.15, 0.2) is 5.31 Å². The summed E-state index contributed by atoms with van der Waals surface area (Å²) >= 11 is 0. The number of pyridine rings is 1. The summed E-state index contributed by atoms with van der Waals surface area (Å²) in [4.78, 5) is 4.17. The minimum Gasteiger partial charge on any atom is -0.358 e. The molecular formula is C40H57F6NOP2Pd. The summed E-state index contributed by atoms with van der Waals surface area (Å²) in [6.45, 7) is 25.9. The second-order valence-corrected chi connectivity index (χ2v) is 19.3. The molecule has 0 amide bonds. The van der Waals surface area contributed by atoms with Crippen molar-refractivity contribution in [2.24, 2.45) is 0 Å². The molecule has 2 nitrogen and oxygen atoms in total. The SMILES string of the molecule is C=C/C=C\C=C(\[PH+](c1ccccc1C(F)(F)F)c1ccccc1P(=O)(C(C)(C)C)C(C)(C)C)C(F)(F)F.CC.CC.Cc1cccc(C)n1.[CH3-].[Pd]. The molecule has 0 bridgehead atoms. The van der Waals surface area contributed by atoms with Crippen LogP contribution >= 0.6 is 15.1 Å². The molecule has 1 atom stereocenters. The van der Waals surface area contributed by atoms with E-state index in [2.05, 4.69) is 11.6 Å². The smallest absolute Gasteiger partial charge is 0.358 e. The van der Waals surface area contributed by atoms with Crippen molar-refractivity contribution in [3.05, 3.63) is 127 Å². The largest absolute Gasteiger partial charge is 0.449 e. The van der Waals surface area contributed by atoms with E-state index in [1.54, 1.807) is 47.6 Å². The fourth-order valence-corrected chi connectivity index (χ4v) is 13.1. The van der Waals surface area contributed by atoms with Crippen LogP contribution in [0.15, 0.2) is 103 Å². The molecule has 11 heteroatoms. The molecule has 0 N–H and O–H groups in total. The molecule has 0 aliphatic rings. The number of alkyl halides is 6. The zero-order valence-electron chi connectivity index (χ0n) is 32.3. The van der Waals surface area contributed by atoms with E-state index < -0.39 is 53.9 Å². The molecule has 3 rings (SSSR count). The molecule has 51 heavy (non-hydrogen) atoms. The fourth-order valence-electron chi connectivity index (χ4n) is 5.30. The van der Waals surface area contributed by atoms with Gasteiger partial charge in [-0.2, -0.15) is 26.3 Å². The first-order valence-electron chi connectivity index (χ1n) is 16.3. The van der Waals surface area contributed by atoms with E-state index in [0.717, 1.165) is 41.7 Å². The molecule has 3 aromatic rings. The fraction of sp³-hybridized carbons (Fsp3) is 0.400. The minimum atomic E-state index is -4.95. The standard InChI is InChI=1S/C28H32F6OP2.C7H9N.2C2H6.CH3.Pd/c1-8-9-10-19-24(28(32,33)34)36(21-16-12-11-15-20(21)27(29,30)31)22-17-13-14-18-23(22)37(35,25(2,3)4)26(5,6)7;1-6-4-3-5-7(2)8-6;2*1-2;;/h8-19H,1H2,2-7H3;3-5H,1-2H3;2*1-2H3;1H3;/q;;;;-1;/p+1/b10-9-,24-19+;;;;;. The van der Waals surface area contributed by atoms with E-state index in [-0.39, 0.29) is 38.5 Å². The molecule has 0 saturated carbocycles. The third kappa shape index (κ3) is 14.6. The Balaban J connectivity index is -0.00000141. The summed E-state index contributed by atoms with van der Waals surface area (Å²) in [5.41, 5.74) is 1.04. The average Bonchev–Trinajstić information content (AvgIpc) is 3.01. The molecule has 1 aromatic heterocycles. The van der Waals surface area contributed by atoms with E-state index in [1.165, 1.54) is 36.4 Å². The third-order valence-corrected chi connectivity index (χ3v) is 15.0. The van der Waals surface area contributed by atoms with E-state index in [9.17, 15) is 30.9 Å². The van der Waals surface area contributed by atoms with Crippen molar-refractivity contribution in [3.63, 3.8) is 0 Å². The molecule has 2 aromatic carbocycles. The van der Waals surface area contributed by atoms with Crippen LogP contribution < -0.4 is 15.9 Å². The Bertz CT molecular complexity index is 1550. The van der Waals surface area contributed by atoms with Gasteiger partial charge in [0.25, 0.3) is 0 Å². The van der Waals surface area contributed by atoms with Crippen molar-refractivity contribution < 1.29 is 51.3 Å². The molecule has 1 unspecified atom stereocenters. The van der Waals surface area contributed by atoms with Crippen molar-refractivity contribution in [1.29, 1.82) is 0 Å². The molecule has 0 aliphatic heterocycles. The Morgan fingerprint density at radius 1 is 0.706 bits per heavy atom. The summed E-state index contributed by atoms with van der Waals surface area (Å²) in [5, 5.41) is -3.09. The molecular weight excluding hydrogens is 793 g/mol. The van der Waals surface area contributed by atoms with E-state index in [0.29, 0.717) is 0 Å². The predicted octanol–water partition coefficient (Wildman–Crippen LogP) is 12.8. The van der Waals surface area contributed by atoms with Crippen LogP contribution in [0.5, 0.6) is 0 Å². The van der Waals surface area contributed by atoms with Crippen LogP contribution in [0.1, 0.15) is 86.2 Å². The van der Waals surface area contributed by atoms with Crippen LogP contribution in [0, 0.1) is 21.3 Å². The first kappa shape index (κ1) is 53.1. The first-order valence-corrected chi connectivity index (χ1v) is 19.5. The number of hydrogen-bond acceptors (Lipinski definition) is 2. The van der Waals surface area contributed by atoms with Crippen molar-refractivity contribution in [2.75, 3.05) is 0 Å². The second kappa shape index (κ2) is 22.7. The topological polar surface area (TPSA) is 30.0 Å². The minimum absolute atomic E-state index is 0. The number of halogens is 6. The summed E-state index contributed by atoms with van der Waals surface area (Å²) in [7, 11) is -6.88. The number of benzene rings is 2. The van der Waals surface area contributed by atoms with Crippen LogP contribution in [-0.4, -0.2) is 21.5 Å². The van der Waals surface area contributed by atoms with Gasteiger partial charge in [0.1, 0.15) is 25.7 Å². The van der Waals surface area contributed by atoms with Gasteiger partial charge in [-0.15, -0.1) is 0 Å². The quantitative estimate of drug-likeness (QED) is 0.0813. The van der Waals surface area contributed by atoms with Crippen LogP contribution in [0.2, 0.25) is 0 Å². The Morgan fingerprint density at radius 2 is 1.14 bits per heavy atom. The number of hydrogen-bond donors (Lipinski definition) is 0. The molecule has 290 valence electrons. The number of allylic oxidation sites excluding steroid dienone is 5. The summed E-state index contributed by atoms with van der Waals surface area (Å²) < 4.78 is 101. The maximum Gasteiger partial charge on any atom is 0.449 e. The monoisotopic (exact) mass is 849 g/mol.